The van der Waals surface area contributed by atoms with Crippen molar-refractivity contribution in [3.05, 3.63) is 11.7 Å². The molecule has 0 aliphatic heterocycles. The van der Waals surface area contributed by atoms with Crippen molar-refractivity contribution in [3.63, 3.8) is 0 Å². The lowest BCUT2D eigenvalue weighted by Gasteiger charge is -2.27. The van der Waals surface area contributed by atoms with E-state index in [-0.39, 0.29) is 5.89 Å². The average Bonchev–Trinajstić information content (AvgIpc) is 2.85. The van der Waals surface area contributed by atoms with Gasteiger partial charge in [-0.3, -0.25) is 0 Å². The quantitative estimate of drug-likeness (QED) is 0.768. The molecule has 1 rings (SSSR count). The maximum Gasteiger partial charge on any atom is 0.246 e. The van der Waals surface area contributed by atoms with Crippen molar-refractivity contribution in [3.8, 4) is 0 Å². The molecule has 2 atom stereocenters. The molecule has 104 valence electrons. The first kappa shape index (κ1) is 15.1. The van der Waals surface area contributed by atoms with E-state index in [9.17, 15) is 5.11 Å². The van der Waals surface area contributed by atoms with Gasteiger partial charge in [0.25, 0.3) is 0 Å². The molecule has 1 aromatic rings. The number of rotatable bonds is 7. The van der Waals surface area contributed by atoms with E-state index < -0.39 is 17.7 Å². The number of hydrogen-bond acceptors (Lipinski definition) is 6. The summed E-state index contributed by atoms with van der Waals surface area (Å²) in [5, 5.41) is 13.4. The van der Waals surface area contributed by atoms with Crippen molar-refractivity contribution >= 4 is 0 Å². The fourth-order valence-corrected chi connectivity index (χ4v) is 1.87. The molecule has 1 aromatic heterocycles. The van der Waals surface area contributed by atoms with Crippen LogP contribution in [0.15, 0.2) is 4.52 Å². The third-order valence-electron chi connectivity index (χ3n) is 3.22. The SMILES string of the molecule is CCOC(CC)(CC)c1noc([C@@H](N)[C@@H](C)O)n1. The zero-order valence-corrected chi connectivity index (χ0v) is 11.5. The van der Waals surface area contributed by atoms with Crippen molar-refractivity contribution < 1.29 is 14.4 Å². The Morgan fingerprint density at radius 2 is 2.00 bits per heavy atom. The van der Waals surface area contributed by atoms with Crippen molar-refractivity contribution in [2.45, 2.75) is 58.3 Å². The molecular weight excluding hydrogens is 234 g/mol. The Labute approximate surface area is 108 Å². The van der Waals surface area contributed by atoms with Gasteiger partial charge in [0.15, 0.2) is 0 Å². The van der Waals surface area contributed by atoms with Gasteiger partial charge in [0.05, 0.1) is 6.10 Å². The highest BCUT2D eigenvalue weighted by Crippen LogP contribution is 2.31. The molecule has 0 saturated heterocycles. The van der Waals surface area contributed by atoms with E-state index >= 15 is 0 Å². The van der Waals surface area contributed by atoms with Crippen LogP contribution in [0, 0.1) is 0 Å². The maximum atomic E-state index is 9.42. The molecule has 0 aliphatic carbocycles. The molecule has 0 fully saturated rings. The Balaban J connectivity index is 3.01. The van der Waals surface area contributed by atoms with Crippen molar-refractivity contribution in [2.75, 3.05) is 6.61 Å². The maximum absolute atomic E-state index is 9.42. The van der Waals surface area contributed by atoms with Gasteiger partial charge < -0.3 is 20.1 Å². The summed E-state index contributed by atoms with van der Waals surface area (Å²) in [5.41, 5.74) is 5.23. The minimum atomic E-state index is -0.733. The second kappa shape index (κ2) is 6.26. The van der Waals surface area contributed by atoms with E-state index in [2.05, 4.69) is 10.1 Å². The number of hydrogen-bond donors (Lipinski definition) is 2. The molecule has 3 N–H and O–H groups in total. The number of aliphatic hydroxyl groups excluding tert-OH is 1. The minimum absolute atomic E-state index is 0.242. The second-order valence-corrected chi connectivity index (χ2v) is 4.36. The monoisotopic (exact) mass is 257 g/mol. The predicted molar refractivity (Wildman–Crippen MR) is 66.8 cm³/mol. The standard InChI is InChI=1S/C12H23N3O3/c1-5-12(6-2,17-7-3)11-14-10(18-15-11)9(13)8(4)16/h8-9,16H,5-7,13H2,1-4H3/t8-,9+/m1/s1. The average molecular weight is 257 g/mol. The molecule has 1 heterocycles. The van der Waals surface area contributed by atoms with Gasteiger partial charge in [-0.2, -0.15) is 4.98 Å². The molecule has 0 radical (unpaired) electrons. The highest BCUT2D eigenvalue weighted by molar-refractivity contribution is 5.03. The predicted octanol–water partition coefficient (Wildman–Crippen LogP) is 1.50. The number of ether oxygens (including phenoxy) is 1. The smallest absolute Gasteiger partial charge is 0.246 e. The van der Waals surface area contributed by atoms with Crippen LogP contribution in [0.1, 0.15) is 58.3 Å². The zero-order valence-electron chi connectivity index (χ0n) is 11.5. The van der Waals surface area contributed by atoms with Gasteiger partial charge >= 0.3 is 0 Å². The Bertz CT molecular complexity index is 361. The Hall–Kier alpha value is -0.980. The largest absolute Gasteiger partial charge is 0.391 e. The number of aliphatic hydroxyl groups is 1. The number of nitrogens with zero attached hydrogens (tertiary/aromatic N) is 2. The molecule has 0 aliphatic rings. The fraction of sp³-hybridized carbons (Fsp3) is 0.833. The van der Waals surface area contributed by atoms with Gasteiger partial charge in [0, 0.05) is 6.61 Å². The van der Waals surface area contributed by atoms with E-state index in [0.717, 1.165) is 12.8 Å². The molecule has 6 heteroatoms. The van der Waals surface area contributed by atoms with Crippen LogP contribution in [0.5, 0.6) is 0 Å². The van der Waals surface area contributed by atoms with Crippen LogP contribution in [-0.4, -0.2) is 28.0 Å². The molecule has 0 amide bonds. The summed E-state index contributed by atoms with van der Waals surface area (Å²) < 4.78 is 10.9. The fourth-order valence-electron chi connectivity index (χ4n) is 1.87. The Morgan fingerprint density at radius 3 is 2.44 bits per heavy atom. The van der Waals surface area contributed by atoms with Gasteiger partial charge in [-0.15, -0.1) is 0 Å². The van der Waals surface area contributed by atoms with E-state index in [1.165, 1.54) is 0 Å². The Kier molecular flexibility index (Phi) is 5.25. The lowest BCUT2D eigenvalue weighted by Crippen LogP contribution is -2.30. The normalized spacial score (nSPS) is 15.7. The van der Waals surface area contributed by atoms with Crippen LogP contribution in [0.4, 0.5) is 0 Å². The molecule has 0 unspecified atom stereocenters. The highest BCUT2D eigenvalue weighted by atomic mass is 16.5. The van der Waals surface area contributed by atoms with Gasteiger partial charge in [-0.1, -0.05) is 19.0 Å². The van der Waals surface area contributed by atoms with Crippen LogP contribution >= 0.6 is 0 Å². The van der Waals surface area contributed by atoms with Crippen molar-refractivity contribution in [1.29, 1.82) is 0 Å². The zero-order chi connectivity index (χ0) is 13.8. The second-order valence-electron chi connectivity index (χ2n) is 4.36. The van der Waals surface area contributed by atoms with Gasteiger partial charge in [-0.25, -0.2) is 0 Å². The molecule has 6 nitrogen and oxygen atoms in total. The molecule has 18 heavy (non-hydrogen) atoms. The number of nitrogens with two attached hydrogens (primary N) is 1. The van der Waals surface area contributed by atoms with Crippen LogP contribution in [-0.2, 0) is 10.3 Å². The topological polar surface area (TPSA) is 94.4 Å². The first-order chi connectivity index (χ1) is 8.50. The third kappa shape index (κ3) is 2.88. The van der Waals surface area contributed by atoms with Crippen LogP contribution in [0.25, 0.3) is 0 Å². The van der Waals surface area contributed by atoms with Gasteiger partial charge in [-0.05, 0) is 26.7 Å². The lowest BCUT2D eigenvalue weighted by atomic mass is 9.96. The summed E-state index contributed by atoms with van der Waals surface area (Å²) in [7, 11) is 0. The van der Waals surface area contributed by atoms with E-state index in [1.54, 1.807) is 6.92 Å². The first-order valence-electron chi connectivity index (χ1n) is 6.42. The molecular formula is C12H23N3O3. The molecule has 0 spiro atoms. The van der Waals surface area contributed by atoms with Crippen LogP contribution in [0.2, 0.25) is 0 Å². The van der Waals surface area contributed by atoms with Gasteiger partial charge in [0.2, 0.25) is 11.7 Å². The van der Waals surface area contributed by atoms with E-state index in [0.29, 0.717) is 12.4 Å². The number of aromatic nitrogens is 2. The summed E-state index contributed by atoms with van der Waals surface area (Å²) >= 11 is 0. The van der Waals surface area contributed by atoms with Crippen molar-refractivity contribution in [1.82, 2.24) is 10.1 Å². The van der Waals surface area contributed by atoms with Crippen LogP contribution in [0.3, 0.4) is 0 Å². The summed E-state index contributed by atoms with van der Waals surface area (Å²) in [6, 6.07) is -0.667. The van der Waals surface area contributed by atoms with E-state index in [1.807, 2.05) is 20.8 Å². The molecule has 0 saturated carbocycles. The molecule has 0 bridgehead atoms. The first-order valence-corrected chi connectivity index (χ1v) is 6.42. The Morgan fingerprint density at radius 1 is 1.39 bits per heavy atom. The summed E-state index contributed by atoms with van der Waals surface area (Å²) in [6.07, 6.45) is 0.767. The van der Waals surface area contributed by atoms with Gasteiger partial charge in [0.1, 0.15) is 11.6 Å². The minimum Gasteiger partial charge on any atom is -0.391 e. The molecule has 0 aromatic carbocycles. The third-order valence-corrected chi connectivity index (χ3v) is 3.22. The summed E-state index contributed by atoms with van der Waals surface area (Å²) in [4.78, 5) is 4.28. The van der Waals surface area contributed by atoms with E-state index in [4.69, 9.17) is 15.0 Å². The highest BCUT2D eigenvalue weighted by Gasteiger charge is 2.35. The lowest BCUT2D eigenvalue weighted by molar-refractivity contribution is -0.0583. The summed E-state index contributed by atoms with van der Waals surface area (Å²) in [5.74, 6) is 0.742. The van der Waals surface area contributed by atoms with Crippen molar-refractivity contribution in [2.24, 2.45) is 5.73 Å². The van der Waals surface area contributed by atoms with Crippen LogP contribution < -0.4 is 5.73 Å². The summed E-state index contributed by atoms with van der Waals surface area (Å²) in [6.45, 7) is 8.13.